The van der Waals surface area contributed by atoms with Crippen LogP contribution in [0.1, 0.15) is 11.1 Å². The van der Waals surface area contributed by atoms with E-state index in [1.165, 1.54) is 6.07 Å². The Balaban J connectivity index is 2.04. The van der Waals surface area contributed by atoms with Crippen molar-refractivity contribution in [2.75, 3.05) is 19.5 Å². The monoisotopic (exact) mass is 424 g/mol. The summed E-state index contributed by atoms with van der Waals surface area (Å²) in [6, 6.07) is 3.61. The van der Waals surface area contributed by atoms with Crippen LogP contribution in [0.2, 0.25) is 5.02 Å². The molecule has 1 aliphatic heterocycles. The van der Waals surface area contributed by atoms with Crippen LogP contribution in [-0.4, -0.2) is 33.8 Å². The normalized spacial score (nSPS) is 20.7. The quantitative estimate of drug-likeness (QED) is 0.731. The highest BCUT2D eigenvalue weighted by Gasteiger charge is 2.67. The van der Waals surface area contributed by atoms with E-state index in [0.29, 0.717) is 0 Å². The lowest BCUT2D eigenvalue weighted by atomic mass is 10.1. The van der Waals surface area contributed by atoms with E-state index >= 15 is 0 Å². The second-order valence-corrected chi connectivity index (χ2v) is 9.87. The van der Waals surface area contributed by atoms with Gasteiger partial charge in [0.05, 0.1) is 18.8 Å². The van der Waals surface area contributed by atoms with E-state index in [-0.39, 0.29) is 44.0 Å². The molecule has 0 N–H and O–H groups in total. The van der Waals surface area contributed by atoms with Gasteiger partial charge >= 0.3 is 5.92 Å². The minimum Gasteiger partial charge on any atom is -0.339 e. The Hall–Kier alpha value is -1.13. The minimum atomic E-state index is -3.85. The Morgan fingerprint density at radius 2 is 1.85 bits per heavy atom. The Bertz CT molecular complexity index is 990. The first-order valence-electron chi connectivity index (χ1n) is 7.53. The molecule has 0 amide bonds. The number of thiophene rings is 1. The van der Waals surface area contributed by atoms with Gasteiger partial charge in [-0.05, 0) is 29.3 Å². The molecular formula is C16H12ClF3O4S2. The molecule has 10 heteroatoms. The van der Waals surface area contributed by atoms with Gasteiger partial charge in [-0.2, -0.15) is 8.78 Å². The van der Waals surface area contributed by atoms with Crippen LogP contribution in [0, 0.1) is 5.82 Å². The molecule has 1 aliphatic carbocycles. The van der Waals surface area contributed by atoms with Gasteiger partial charge < -0.3 is 9.47 Å². The summed E-state index contributed by atoms with van der Waals surface area (Å²) in [6.45, 7) is -0.148. The number of fused-ring (bicyclic) bond motifs is 2. The highest BCUT2D eigenvalue weighted by molar-refractivity contribution is 7.92. The lowest BCUT2D eigenvalue weighted by Crippen LogP contribution is -2.43. The first-order chi connectivity index (χ1) is 12.1. The summed E-state index contributed by atoms with van der Waals surface area (Å²) < 4.78 is 78.2. The van der Waals surface area contributed by atoms with Gasteiger partial charge in [0, 0.05) is 22.6 Å². The summed E-state index contributed by atoms with van der Waals surface area (Å²) in [5.41, 5.74) is 0.142. The zero-order valence-electron chi connectivity index (χ0n) is 13.3. The molecule has 2 aliphatic rings. The van der Waals surface area contributed by atoms with Crippen molar-refractivity contribution in [2.45, 2.75) is 22.3 Å². The molecule has 0 unspecified atom stereocenters. The molecule has 0 radical (unpaired) electrons. The SMILES string of the molecule is CS(=O)(=O)c1sc(-c2cc(F)cc(Cl)c2)c2c1C1(OCCO1)C(F)(F)C2. The lowest BCUT2D eigenvalue weighted by molar-refractivity contribution is -0.290. The molecule has 1 spiro atoms. The summed E-state index contributed by atoms with van der Waals surface area (Å²) in [5, 5.41) is 0.0795. The molecule has 1 aromatic carbocycles. The zero-order chi connectivity index (χ0) is 18.9. The van der Waals surface area contributed by atoms with Gasteiger partial charge in [-0.15, -0.1) is 11.3 Å². The van der Waals surface area contributed by atoms with E-state index in [1.54, 1.807) is 0 Å². The molecule has 4 nitrogen and oxygen atoms in total. The maximum Gasteiger partial charge on any atom is 0.309 e. The smallest absolute Gasteiger partial charge is 0.309 e. The highest BCUT2D eigenvalue weighted by atomic mass is 35.5. The van der Waals surface area contributed by atoms with Gasteiger partial charge in [-0.25, -0.2) is 12.8 Å². The molecule has 0 atom stereocenters. The van der Waals surface area contributed by atoms with E-state index in [1.807, 2.05) is 0 Å². The molecule has 0 saturated carbocycles. The second-order valence-electron chi connectivity index (χ2n) is 6.20. The number of sulfone groups is 1. The molecule has 4 rings (SSSR count). The van der Waals surface area contributed by atoms with Crippen molar-refractivity contribution >= 4 is 32.8 Å². The number of halogens is 4. The van der Waals surface area contributed by atoms with Gasteiger partial charge in [0.25, 0.3) is 5.79 Å². The first-order valence-corrected chi connectivity index (χ1v) is 10.6. The molecule has 26 heavy (non-hydrogen) atoms. The van der Waals surface area contributed by atoms with Crippen molar-refractivity contribution in [3.63, 3.8) is 0 Å². The predicted molar refractivity (Wildman–Crippen MR) is 90.1 cm³/mol. The van der Waals surface area contributed by atoms with E-state index in [0.717, 1.165) is 29.7 Å². The second kappa shape index (κ2) is 5.68. The Labute approximate surface area is 156 Å². The summed E-state index contributed by atoms with van der Waals surface area (Å²) in [7, 11) is -3.85. The molecule has 140 valence electrons. The molecule has 1 aromatic heterocycles. The van der Waals surface area contributed by atoms with Crippen molar-refractivity contribution in [3.8, 4) is 10.4 Å². The minimum absolute atomic E-state index is 0.0742. The Morgan fingerprint density at radius 1 is 1.19 bits per heavy atom. The number of benzene rings is 1. The molecular weight excluding hydrogens is 413 g/mol. The molecule has 1 fully saturated rings. The summed E-state index contributed by atoms with van der Waals surface area (Å²) in [6.07, 6.45) is 0.165. The van der Waals surface area contributed by atoms with Gasteiger partial charge in [-0.3, -0.25) is 0 Å². The molecule has 1 saturated heterocycles. The maximum absolute atomic E-state index is 14.8. The van der Waals surface area contributed by atoms with Gasteiger partial charge in [0.2, 0.25) is 0 Å². The largest absolute Gasteiger partial charge is 0.339 e. The fraction of sp³-hybridized carbons (Fsp3) is 0.375. The number of alkyl halides is 2. The fourth-order valence-corrected chi connectivity index (χ4v) is 6.20. The number of rotatable bonds is 2. The molecule has 2 heterocycles. The average Bonchev–Trinajstić information content (AvgIpc) is 3.14. The van der Waals surface area contributed by atoms with E-state index < -0.39 is 33.8 Å². The number of ether oxygens (including phenoxy) is 2. The number of hydrogen-bond acceptors (Lipinski definition) is 5. The van der Waals surface area contributed by atoms with Crippen LogP contribution in [0.4, 0.5) is 13.2 Å². The Morgan fingerprint density at radius 3 is 2.42 bits per heavy atom. The summed E-state index contributed by atoms with van der Waals surface area (Å²) in [4.78, 5) is 0.220. The van der Waals surface area contributed by atoms with Crippen LogP contribution in [-0.2, 0) is 31.5 Å². The maximum atomic E-state index is 14.8. The van der Waals surface area contributed by atoms with Gasteiger partial charge in [0.15, 0.2) is 9.84 Å². The van der Waals surface area contributed by atoms with Crippen molar-refractivity contribution in [1.82, 2.24) is 0 Å². The topological polar surface area (TPSA) is 52.6 Å². The third kappa shape index (κ3) is 2.52. The third-order valence-electron chi connectivity index (χ3n) is 4.34. The summed E-state index contributed by atoms with van der Waals surface area (Å²) >= 11 is 6.67. The average molecular weight is 425 g/mol. The van der Waals surface area contributed by atoms with E-state index in [4.69, 9.17) is 21.1 Å². The van der Waals surface area contributed by atoms with Crippen LogP contribution < -0.4 is 0 Å². The fourth-order valence-electron chi connectivity index (χ4n) is 3.41. The van der Waals surface area contributed by atoms with Crippen LogP contribution in [0.25, 0.3) is 10.4 Å². The van der Waals surface area contributed by atoms with Gasteiger partial charge in [-0.1, -0.05) is 11.6 Å². The lowest BCUT2D eigenvalue weighted by Gasteiger charge is -2.29. The standard InChI is InChI=1S/C16H12ClF3O4S2/c1-26(21,22)14-12-11(7-15(19,20)16(12)23-2-3-24-16)13(25-14)8-4-9(17)6-10(18)5-8/h4-6H,2-3,7H2,1H3. The van der Waals surface area contributed by atoms with Crippen molar-refractivity contribution in [3.05, 3.63) is 40.2 Å². The van der Waals surface area contributed by atoms with Crippen molar-refractivity contribution in [1.29, 1.82) is 0 Å². The third-order valence-corrected chi connectivity index (χ3v) is 7.67. The predicted octanol–water partition coefficient (Wildman–Crippen LogP) is 4.00. The van der Waals surface area contributed by atoms with Crippen LogP contribution in [0.5, 0.6) is 0 Å². The Kier molecular flexibility index (Phi) is 3.99. The summed E-state index contributed by atoms with van der Waals surface area (Å²) in [5.74, 6) is -6.52. The van der Waals surface area contributed by atoms with E-state index in [2.05, 4.69) is 0 Å². The molecule has 0 bridgehead atoms. The van der Waals surface area contributed by atoms with Crippen LogP contribution in [0.3, 0.4) is 0 Å². The zero-order valence-corrected chi connectivity index (χ0v) is 15.7. The van der Waals surface area contributed by atoms with Crippen molar-refractivity contribution < 1.29 is 31.1 Å². The number of hydrogen-bond donors (Lipinski definition) is 0. The molecule has 2 aromatic rings. The van der Waals surface area contributed by atoms with Crippen LogP contribution in [0.15, 0.2) is 22.4 Å². The van der Waals surface area contributed by atoms with Crippen LogP contribution >= 0.6 is 22.9 Å². The van der Waals surface area contributed by atoms with Gasteiger partial charge in [0.1, 0.15) is 10.0 Å². The first kappa shape index (κ1) is 18.2. The highest BCUT2D eigenvalue weighted by Crippen LogP contribution is 2.59. The van der Waals surface area contributed by atoms with E-state index in [9.17, 15) is 21.6 Å². The van der Waals surface area contributed by atoms with Crippen molar-refractivity contribution in [2.24, 2.45) is 0 Å².